The molecule has 5 nitrogen and oxygen atoms in total. The number of carbonyl (C=O) groups is 2. The zero-order valence-corrected chi connectivity index (χ0v) is 10.9. The molecule has 0 aromatic rings. The summed E-state index contributed by atoms with van der Waals surface area (Å²) in [5.74, 6) is -0.670. The van der Waals surface area contributed by atoms with Crippen LogP contribution in [0.5, 0.6) is 0 Å². The number of amides is 1. The number of carbonyl (C=O) groups excluding carboxylic acids is 1. The minimum atomic E-state index is -0.877. The summed E-state index contributed by atoms with van der Waals surface area (Å²) in [6.07, 6.45) is 0.408. The van der Waals surface area contributed by atoms with E-state index in [0.717, 1.165) is 6.42 Å². The number of likely N-dealkylation sites (tertiary alicyclic amines) is 1. The third-order valence-electron chi connectivity index (χ3n) is 2.89. The lowest BCUT2D eigenvalue weighted by atomic mass is 10.0. The third kappa shape index (κ3) is 3.91. The topological polar surface area (TPSA) is 66.8 Å². The number of rotatable bonds is 2. The molecule has 2 atom stereocenters. The van der Waals surface area contributed by atoms with Crippen molar-refractivity contribution in [1.29, 1.82) is 0 Å². The summed E-state index contributed by atoms with van der Waals surface area (Å²) in [6.45, 7) is 7.95. The number of hydrogen-bond donors (Lipinski definition) is 1. The van der Waals surface area contributed by atoms with Crippen LogP contribution in [0, 0.1) is 5.92 Å². The molecule has 1 amide bonds. The number of ether oxygens (including phenoxy) is 1. The third-order valence-corrected chi connectivity index (χ3v) is 2.89. The first-order valence-electron chi connectivity index (χ1n) is 5.92. The van der Waals surface area contributed by atoms with Gasteiger partial charge in [-0.25, -0.2) is 4.79 Å². The van der Waals surface area contributed by atoms with Crippen molar-refractivity contribution in [2.45, 2.75) is 52.2 Å². The normalized spacial score (nSPS) is 24.8. The van der Waals surface area contributed by atoms with Gasteiger partial charge in [0, 0.05) is 12.6 Å². The fourth-order valence-electron chi connectivity index (χ4n) is 2.05. The lowest BCUT2D eigenvalue weighted by Gasteiger charge is -2.29. The zero-order chi connectivity index (χ0) is 13.2. The number of hydrogen-bond acceptors (Lipinski definition) is 3. The van der Waals surface area contributed by atoms with Gasteiger partial charge in [-0.2, -0.15) is 0 Å². The summed E-state index contributed by atoms with van der Waals surface area (Å²) in [5.41, 5.74) is -0.545. The highest BCUT2D eigenvalue weighted by molar-refractivity contribution is 5.72. The molecule has 0 radical (unpaired) electrons. The van der Waals surface area contributed by atoms with Crippen molar-refractivity contribution >= 4 is 12.1 Å². The SMILES string of the molecule is CC1CCN(C(=O)OC(C)(C)C)C1CC(=O)O. The van der Waals surface area contributed by atoms with Crippen molar-refractivity contribution in [2.24, 2.45) is 5.92 Å². The molecule has 0 saturated carbocycles. The molecule has 1 fully saturated rings. The Hall–Kier alpha value is -1.26. The van der Waals surface area contributed by atoms with Crippen molar-refractivity contribution in [3.63, 3.8) is 0 Å². The number of nitrogens with zero attached hydrogens (tertiary/aromatic N) is 1. The quantitative estimate of drug-likeness (QED) is 0.806. The summed E-state index contributed by atoms with van der Waals surface area (Å²) >= 11 is 0. The molecule has 0 aromatic carbocycles. The molecule has 1 aliphatic rings. The number of carboxylic acids is 1. The molecule has 0 aromatic heterocycles. The molecule has 0 bridgehead atoms. The smallest absolute Gasteiger partial charge is 0.410 e. The Kier molecular flexibility index (Phi) is 4.01. The Morgan fingerprint density at radius 3 is 2.47 bits per heavy atom. The van der Waals surface area contributed by atoms with Gasteiger partial charge in [0.15, 0.2) is 0 Å². The maximum absolute atomic E-state index is 11.9. The minimum absolute atomic E-state index is 0.0135. The molecule has 1 heterocycles. The average molecular weight is 243 g/mol. The van der Waals surface area contributed by atoms with Crippen LogP contribution in [-0.4, -0.2) is 40.3 Å². The predicted molar refractivity (Wildman–Crippen MR) is 62.8 cm³/mol. The zero-order valence-electron chi connectivity index (χ0n) is 10.9. The number of aliphatic carboxylic acids is 1. The van der Waals surface area contributed by atoms with E-state index in [0.29, 0.717) is 6.54 Å². The van der Waals surface area contributed by atoms with E-state index in [1.165, 1.54) is 0 Å². The molecule has 1 N–H and O–H groups in total. The minimum Gasteiger partial charge on any atom is -0.481 e. The highest BCUT2D eigenvalue weighted by Gasteiger charge is 2.37. The second kappa shape index (κ2) is 4.94. The Morgan fingerprint density at radius 2 is 2.00 bits per heavy atom. The first-order chi connectivity index (χ1) is 7.70. The fourth-order valence-corrected chi connectivity index (χ4v) is 2.05. The monoisotopic (exact) mass is 243 g/mol. The van der Waals surface area contributed by atoms with Gasteiger partial charge in [0.05, 0.1) is 6.42 Å². The van der Waals surface area contributed by atoms with Gasteiger partial charge in [-0.1, -0.05) is 6.92 Å². The number of carboxylic acid groups (broad SMARTS) is 1. The van der Waals surface area contributed by atoms with Crippen LogP contribution in [0.2, 0.25) is 0 Å². The van der Waals surface area contributed by atoms with Crippen LogP contribution in [0.3, 0.4) is 0 Å². The standard InChI is InChI=1S/C12H21NO4/c1-8-5-6-13(9(8)7-10(14)15)11(16)17-12(2,3)4/h8-9H,5-7H2,1-4H3,(H,14,15). The van der Waals surface area contributed by atoms with Crippen molar-refractivity contribution in [3.8, 4) is 0 Å². The van der Waals surface area contributed by atoms with E-state index < -0.39 is 17.7 Å². The van der Waals surface area contributed by atoms with Gasteiger partial charge in [-0.05, 0) is 33.1 Å². The largest absolute Gasteiger partial charge is 0.481 e. The molecule has 5 heteroatoms. The van der Waals surface area contributed by atoms with E-state index in [9.17, 15) is 9.59 Å². The Morgan fingerprint density at radius 1 is 1.41 bits per heavy atom. The molecular weight excluding hydrogens is 222 g/mol. The van der Waals surface area contributed by atoms with Gasteiger partial charge >= 0.3 is 12.1 Å². The lowest BCUT2D eigenvalue weighted by Crippen LogP contribution is -2.42. The second-order valence-electron chi connectivity index (χ2n) is 5.60. The van der Waals surface area contributed by atoms with Gasteiger partial charge in [-0.15, -0.1) is 0 Å². The van der Waals surface area contributed by atoms with Crippen molar-refractivity contribution in [3.05, 3.63) is 0 Å². The van der Waals surface area contributed by atoms with E-state index in [2.05, 4.69) is 0 Å². The van der Waals surface area contributed by atoms with E-state index >= 15 is 0 Å². The van der Waals surface area contributed by atoms with Crippen LogP contribution in [-0.2, 0) is 9.53 Å². The van der Waals surface area contributed by atoms with Gasteiger partial charge in [0.25, 0.3) is 0 Å². The van der Waals surface area contributed by atoms with Gasteiger partial charge < -0.3 is 14.7 Å². The van der Waals surface area contributed by atoms with Crippen molar-refractivity contribution in [2.75, 3.05) is 6.54 Å². The summed E-state index contributed by atoms with van der Waals surface area (Å²) in [7, 11) is 0. The molecule has 1 rings (SSSR count). The Balaban J connectivity index is 2.68. The average Bonchev–Trinajstić information content (AvgIpc) is 2.44. The van der Waals surface area contributed by atoms with Gasteiger partial charge in [-0.3, -0.25) is 4.79 Å². The first kappa shape index (κ1) is 13.8. The van der Waals surface area contributed by atoms with Crippen LogP contribution in [0.1, 0.15) is 40.5 Å². The molecule has 0 aliphatic carbocycles. The highest BCUT2D eigenvalue weighted by Crippen LogP contribution is 2.28. The Labute approximate surface area is 102 Å². The maximum atomic E-state index is 11.9. The molecule has 17 heavy (non-hydrogen) atoms. The van der Waals surface area contributed by atoms with E-state index in [-0.39, 0.29) is 18.4 Å². The summed E-state index contributed by atoms with van der Waals surface area (Å²) in [6, 6.07) is -0.248. The van der Waals surface area contributed by atoms with Crippen LogP contribution < -0.4 is 0 Å². The molecular formula is C12H21NO4. The summed E-state index contributed by atoms with van der Waals surface area (Å²) < 4.78 is 5.28. The van der Waals surface area contributed by atoms with Crippen LogP contribution >= 0.6 is 0 Å². The molecule has 98 valence electrons. The van der Waals surface area contributed by atoms with Crippen molar-refractivity contribution < 1.29 is 19.4 Å². The van der Waals surface area contributed by atoms with Crippen LogP contribution in [0.4, 0.5) is 4.79 Å². The first-order valence-corrected chi connectivity index (χ1v) is 5.92. The molecule has 2 unspecified atom stereocenters. The summed E-state index contributed by atoms with van der Waals surface area (Å²) in [4.78, 5) is 24.2. The van der Waals surface area contributed by atoms with E-state index in [4.69, 9.17) is 9.84 Å². The molecule has 1 saturated heterocycles. The highest BCUT2D eigenvalue weighted by atomic mass is 16.6. The van der Waals surface area contributed by atoms with Crippen molar-refractivity contribution in [1.82, 2.24) is 4.90 Å². The fraction of sp³-hybridized carbons (Fsp3) is 0.833. The molecule has 0 spiro atoms. The van der Waals surface area contributed by atoms with E-state index in [1.54, 1.807) is 25.7 Å². The lowest BCUT2D eigenvalue weighted by molar-refractivity contribution is -0.138. The predicted octanol–water partition coefficient (Wildman–Crippen LogP) is 2.11. The van der Waals surface area contributed by atoms with Gasteiger partial charge in [0.1, 0.15) is 5.60 Å². The second-order valence-corrected chi connectivity index (χ2v) is 5.60. The maximum Gasteiger partial charge on any atom is 0.410 e. The Bertz CT molecular complexity index is 308. The molecule has 1 aliphatic heterocycles. The summed E-state index contributed by atoms with van der Waals surface area (Å²) in [5, 5.41) is 8.85. The van der Waals surface area contributed by atoms with E-state index in [1.807, 2.05) is 6.92 Å². The van der Waals surface area contributed by atoms with Gasteiger partial charge in [0.2, 0.25) is 0 Å². The van der Waals surface area contributed by atoms with Crippen LogP contribution in [0.25, 0.3) is 0 Å². The van der Waals surface area contributed by atoms with Crippen LogP contribution in [0.15, 0.2) is 0 Å².